The molecule has 5 heteroatoms. The summed E-state index contributed by atoms with van der Waals surface area (Å²) in [6, 6.07) is 4.26. The van der Waals surface area contributed by atoms with Crippen molar-refractivity contribution in [2.24, 2.45) is 0 Å². The SMILES string of the molecule is Cc1cc(C)c(-c2cc(C)c(F)c(CCC(=O)O)c2F)c(F)c1. The molecule has 0 bridgehead atoms. The van der Waals surface area contributed by atoms with E-state index in [-0.39, 0.29) is 28.7 Å². The molecule has 0 saturated heterocycles. The Bertz CT molecular complexity index is 759. The van der Waals surface area contributed by atoms with Crippen LogP contribution < -0.4 is 0 Å². The Morgan fingerprint density at radius 2 is 1.65 bits per heavy atom. The van der Waals surface area contributed by atoms with Crippen LogP contribution in [0.4, 0.5) is 13.2 Å². The first-order chi connectivity index (χ1) is 10.7. The summed E-state index contributed by atoms with van der Waals surface area (Å²) in [6.07, 6.45) is -0.680. The third-order valence-corrected chi connectivity index (χ3v) is 3.76. The van der Waals surface area contributed by atoms with Gasteiger partial charge in [-0.05, 0) is 56.0 Å². The highest BCUT2D eigenvalue weighted by Crippen LogP contribution is 2.34. The van der Waals surface area contributed by atoms with E-state index in [1.807, 2.05) is 0 Å². The van der Waals surface area contributed by atoms with Crippen molar-refractivity contribution in [2.75, 3.05) is 0 Å². The summed E-state index contributed by atoms with van der Waals surface area (Å²) in [7, 11) is 0. The number of halogens is 3. The molecule has 0 aliphatic carbocycles. The van der Waals surface area contributed by atoms with E-state index in [2.05, 4.69) is 0 Å². The first-order valence-corrected chi connectivity index (χ1v) is 7.18. The topological polar surface area (TPSA) is 37.3 Å². The first kappa shape index (κ1) is 17.1. The molecule has 2 nitrogen and oxygen atoms in total. The zero-order chi connectivity index (χ0) is 17.3. The second-order valence-corrected chi connectivity index (χ2v) is 5.68. The minimum absolute atomic E-state index is 0.0423. The molecule has 0 heterocycles. The zero-order valence-corrected chi connectivity index (χ0v) is 13.1. The van der Waals surface area contributed by atoms with Gasteiger partial charge >= 0.3 is 5.97 Å². The van der Waals surface area contributed by atoms with Crippen molar-refractivity contribution in [3.63, 3.8) is 0 Å². The van der Waals surface area contributed by atoms with Crippen LogP contribution in [-0.4, -0.2) is 11.1 Å². The summed E-state index contributed by atoms with van der Waals surface area (Å²) < 4.78 is 43.2. The molecule has 0 fully saturated rings. The van der Waals surface area contributed by atoms with Gasteiger partial charge in [0.15, 0.2) is 0 Å². The number of aryl methyl sites for hydroxylation is 3. The molecule has 23 heavy (non-hydrogen) atoms. The largest absolute Gasteiger partial charge is 0.481 e. The van der Waals surface area contributed by atoms with Crippen molar-refractivity contribution in [3.8, 4) is 11.1 Å². The van der Waals surface area contributed by atoms with Gasteiger partial charge in [-0.15, -0.1) is 0 Å². The van der Waals surface area contributed by atoms with Gasteiger partial charge in [0.1, 0.15) is 17.5 Å². The lowest BCUT2D eigenvalue weighted by atomic mass is 9.92. The van der Waals surface area contributed by atoms with Crippen LogP contribution in [0, 0.1) is 38.2 Å². The van der Waals surface area contributed by atoms with Crippen LogP contribution in [0.1, 0.15) is 28.7 Å². The van der Waals surface area contributed by atoms with E-state index in [0.29, 0.717) is 11.1 Å². The van der Waals surface area contributed by atoms with Gasteiger partial charge < -0.3 is 5.11 Å². The third-order valence-electron chi connectivity index (χ3n) is 3.76. The monoisotopic (exact) mass is 322 g/mol. The Balaban J connectivity index is 2.67. The number of benzene rings is 2. The standard InChI is InChI=1S/C18H17F3O2/c1-9-6-10(2)16(14(19)7-9)13-8-11(3)17(20)12(18(13)21)4-5-15(22)23/h6-8H,4-5H2,1-3H3,(H,22,23). The normalized spacial score (nSPS) is 10.9. The van der Waals surface area contributed by atoms with E-state index < -0.39 is 29.8 Å². The number of carbonyl (C=O) groups is 1. The number of carboxylic acid groups (broad SMARTS) is 1. The molecular formula is C18H17F3O2. The summed E-state index contributed by atoms with van der Waals surface area (Å²) in [4.78, 5) is 10.7. The average Bonchev–Trinajstić information content (AvgIpc) is 2.43. The molecule has 0 aromatic heterocycles. The van der Waals surface area contributed by atoms with E-state index in [9.17, 15) is 18.0 Å². The minimum atomic E-state index is -1.15. The minimum Gasteiger partial charge on any atom is -0.481 e. The molecule has 0 aliphatic heterocycles. The van der Waals surface area contributed by atoms with Crippen molar-refractivity contribution in [3.05, 3.63) is 57.9 Å². The lowest BCUT2D eigenvalue weighted by Gasteiger charge is -2.15. The molecule has 0 atom stereocenters. The smallest absolute Gasteiger partial charge is 0.303 e. The highest BCUT2D eigenvalue weighted by Gasteiger charge is 2.21. The number of rotatable bonds is 4. The number of aliphatic carboxylic acids is 1. The molecule has 0 aliphatic rings. The Kier molecular flexibility index (Phi) is 4.78. The predicted octanol–water partition coefficient (Wildman–Crippen LogP) is 4.71. The molecule has 0 radical (unpaired) electrons. The molecule has 0 amide bonds. The van der Waals surface area contributed by atoms with E-state index in [1.54, 1.807) is 19.9 Å². The first-order valence-electron chi connectivity index (χ1n) is 7.18. The summed E-state index contributed by atoms with van der Waals surface area (Å²) in [5.41, 5.74) is 1.11. The molecule has 1 N–H and O–H groups in total. The molecule has 2 aromatic rings. The summed E-state index contributed by atoms with van der Waals surface area (Å²) in [5, 5.41) is 8.73. The van der Waals surface area contributed by atoms with Crippen LogP contribution >= 0.6 is 0 Å². The van der Waals surface area contributed by atoms with Gasteiger partial charge in [-0.1, -0.05) is 6.07 Å². The van der Waals surface area contributed by atoms with E-state index in [0.717, 1.165) is 0 Å². The average molecular weight is 322 g/mol. The fourth-order valence-corrected chi connectivity index (χ4v) is 2.73. The van der Waals surface area contributed by atoms with E-state index >= 15 is 0 Å². The van der Waals surface area contributed by atoms with Gasteiger partial charge in [-0.25, -0.2) is 13.2 Å². The fraction of sp³-hybridized carbons (Fsp3) is 0.278. The second-order valence-electron chi connectivity index (χ2n) is 5.68. The van der Waals surface area contributed by atoms with Crippen molar-refractivity contribution in [1.29, 1.82) is 0 Å². The summed E-state index contributed by atoms with van der Waals surface area (Å²) >= 11 is 0. The summed E-state index contributed by atoms with van der Waals surface area (Å²) in [5.74, 6) is -3.42. The molecule has 2 rings (SSSR count). The van der Waals surface area contributed by atoms with Gasteiger partial charge in [0.05, 0.1) is 0 Å². The maximum absolute atomic E-state index is 14.7. The van der Waals surface area contributed by atoms with Gasteiger partial charge in [0.2, 0.25) is 0 Å². The lowest BCUT2D eigenvalue weighted by molar-refractivity contribution is -0.136. The number of carboxylic acids is 1. The molecule has 2 aromatic carbocycles. The van der Waals surface area contributed by atoms with Crippen LogP contribution in [-0.2, 0) is 11.2 Å². The van der Waals surface area contributed by atoms with Crippen LogP contribution in [0.25, 0.3) is 11.1 Å². The Hall–Kier alpha value is -2.30. The molecular weight excluding hydrogens is 305 g/mol. The molecule has 0 unspecified atom stereocenters. The highest BCUT2D eigenvalue weighted by atomic mass is 19.1. The van der Waals surface area contributed by atoms with E-state index in [1.165, 1.54) is 19.1 Å². The number of hydrogen-bond acceptors (Lipinski definition) is 1. The fourth-order valence-electron chi connectivity index (χ4n) is 2.73. The number of hydrogen-bond donors (Lipinski definition) is 1. The summed E-state index contributed by atoms with van der Waals surface area (Å²) in [6.45, 7) is 4.83. The van der Waals surface area contributed by atoms with Crippen molar-refractivity contribution >= 4 is 5.97 Å². The van der Waals surface area contributed by atoms with Gasteiger partial charge in [-0.2, -0.15) is 0 Å². The molecule has 0 saturated carbocycles. The predicted molar refractivity (Wildman–Crippen MR) is 81.9 cm³/mol. The van der Waals surface area contributed by atoms with Gasteiger partial charge in [0, 0.05) is 23.1 Å². The Labute approximate surface area is 132 Å². The molecule has 0 spiro atoms. The van der Waals surface area contributed by atoms with Crippen molar-refractivity contribution in [2.45, 2.75) is 33.6 Å². The van der Waals surface area contributed by atoms with Crippen molar-refractivity contribution in [1.82, 2.24) is 0 Å². The van der Waals surface area contributed by atoms with Crippen LogP contribution in [0.3, 0.4) is 0 Å². The van der Waals surface area contributed by atoms with Crippen LogP contribution in [0.15, 0.2) is 18.2 Å². The maximum atomic E-state index is 14.7. The third kappa shape index (κ3) is 3.38. The van der Waals surface area contributed by atoms with Crippen LogP contribution in [0.2, 0.25) is 0 Å². The maximum Gasteiger partial charge on any atom is 0.303 e. The van der Waals surface area contributed by atoms with Gasteiger partial charge in [-0.3, -0.25) is 4.79 Å². The second kappa shape index (κ2) is 6.44. The Morgan fingerprint density at radius 3 is 2.22 bits per heavy atom. The quantitative estimate of drug-likeness (QED) is 0.885. The zero-order valence-electron chi connectivity index (χ0n) is 13.1. The lowest BCUT2D eigenvalue weighted by Crippen LogP contribution is -2.06. The van der Waals surface area contributed by atoms with E-state index in [4.69, 9.17) is 5.11 Å². The molecule has 122 valence electrons. The Morgan fingerprint density at radius 1 is 1.00 bits per heavy atom. The highest BCUT2D eigenvalue weighted by molar-refractivity contribution is 5.71. The van der Waals surface area contributed by atoms with Crippen LogP contribution in [0.5, 0.6) is 0 Å². The van der Waals surface area contributed by atoms with Crippen molar-refractivity contribution < 1.29 is 23.1 Å². The van der Waals surface area contributed by atoms with Gasteiger partial charge in [0.25, 0.3) is 0 Å².